The number of hydrogen-bond donors (Lipinski definition) is 2. The molecule has 0 aliphatic carbocycles. The van der Waals surface area contributed by atoms with Gasteiger partial charge < -0.3 is 19.3 Å². The third kappa shape index (κ3) is 39.2. The van der Waals surface area contributed by atoms with Crippen molar-refractivity contribution >= 4 is 19.8 Å². The molecule has 2 N–H and O–H groups in total. The minimum Gasteiger partial charge on any atom is -0.462 e. The second kappa shape index (κ2) is 36.3. The highest BCUT2D eigenvalue weighted by Gasteiger charge is 2.22. The third-order valence-corrected chi connectivity index (χ3v) is 9.21. The van der Waals surface area contributed by atoms with E-state index in [9.17, 15) is 14.2 Å². The van der Waals surface area contributed by atoms with Crippen LogP contribution in [0.5, 0.6) is 0 Å². The molecule has 0 amide bonds. The number of unbranched alkanes of at least 4 members (excludes halogenated alkanes) is 23. The largest absolute Gasteiger partial charge is 0.469 e. The molecule has 49 heavy (non-hydrogen) atoms. The Morgan fingerprint density at radius 1 is 0.531 bits per heavy atom. The van der Waals surface area contributed by atoms with Gasteiger partial charge in [0.1, 0.15) is 6.61 Å². The van der Waals surface area contributed by atoms with E-state index < -0.39 is 32.5 Å². The van der Waals surface area contributed by atoms with Crippen LogP contribution >= 0.6 is 7.82 Å². The Bertz CT molecular complexity index is 853. The SMILES string of the molecule is CCCCC/C=C\C/C=C\CCCCCCCCCC(=O)OC(COC(=O)CCCCCCCCCCCCCCCC)COP(=O)(O)O. The van der Waals surface area contributed by atoms with Gasteiger partial charge in [0.25, 0.3) is 0 Å². The van der Waals surface area contributed by atoms with E-state index in [1.807, 2.05) is 0 Å². The Morgan fingerprint density at radius 2 is 0.918 bits per heavy atom. The van der Waals surface area contributed by atoms with Gasteiger partial charge in [0.2, 0.25) is 0 Å². The van der Waals surface area contributed by atoms with Gasteiger partial charge in [-0.15, -0.1) is 0 Å². The molecule has 0 aromatic carbocycles. The highest BCUT2D eigenvalue weighted by molar-refractivity contribution is 7.46. The molecule has 0 fully saturated rings. The quantitative estimate of drug-likeness (QED) is 0.0282. The zero-order chi connectivity index (χ0) is 36.1. The normalized spacial score (nSPS) is 12.7. The highest BCUT2D eigenvalue weighted by atomic mass is 31.2. The van der Waals surface area contributed by atoms with Crippen LogP contribution in [-0.4, -0.2) is 41.0 Å². The minimum atomic E-state index is -4.75. The monoisotopic (exact) mass is 715 g/mol. The van der Waals surface area contributed by atoms with Crippen LogP contribution in [0.1, 0.15) is 200 Å². The van der Waals surface area contributed by atoms with Gasteiger partial charge in [-0.3, -0.25) is 14.1 Å². The van der Waals surface area contributed by atoms with E-state index >= 15 is 0 Å². The molecule has 8 nitrogen and oxygen atoms in total. The third-order valence-electron chi connectivity index (χ3n) is 8.72. The van der Waals surface area contributed by atoms with Gasteiger partial charge in [-0.05, 0) is 44.9 Å². The van der Waals surface area contributed by atoms with Crippen molar-refractivity contribution in [3.05, 3.63) is 24.3 Å². The molecule has 9 heteroatoms. The molecule has 0 bridgehead atoms. The number of esters is 2. The molecule has 0 heterocycles. The fraction of sp³-hybridized carbons (Fsp3) is 0.850. The zero-order valence-corrected chi connectivity index (χ0v) is 32.5. The van der Waals surface area contributed by atoms with Crippen LogP contribution < -0.4 is 0 Å². The Kier molecular flexibility index (Phi) is 35.2. The van der Waals surface area contributed by atoms with Crippen molar-refractivity contribution in [2.45, 2.75) is 206 Å². The minimum absolute atomic E-state index is 0.206. The van der Waals surface area contributed by atoms with Gasteiger partial charge in [0.15, 0.2) is 6.10 Å². The molecule has 0 aromatic heterocycles. The summed E-state index contributed by atoms with van der Waals surface area (Å²) >= 11 is 0. The zero-order valence-electron chi connectivity index (χ0n) is 31.6. The van der Waals surface area contributed by atoms with Gasteiger partial charge in [-0.2, -0.15) is 0 Å². The molecule has 0 saturated heterocycles. The summed E-state index contributed by atoms with van der Waals surface area (Å²) in [6.45, 7) is 3.66. The molecule has 0 aromatic rings. The first-order chi connectivity index (χ1) is 23.8. The van der Waals surface area contributed by atoms with Crippen molar-refractivity contribution in [2.24, 2.45) is 0 Å². The number of hydrogen-bond acceptors (Lipinski definition) is 6. The van der Waals surface area contributed by atoms with Crippen LogP contribution in [0.25, 0.3) is 0 Å². The van der Waals surface area contributed by atoms with E-state index in [0.717, 1.165) is 51.4 Å². The average molecular weight is 715 g/mol. The van der Waals surface area contributed by atoms with Crippen molar-refractivity contribution in [2.75, 3.05) is 13.2 Å². The van der Waals surface area contributed by atoms with E-state index in [1.165, 1.54) is 116 Å². The Hall–Kier alpha value is -1.47. The number of ether oxygens (including phenoxy) is 2. The summed E-state index contributed by atoms with van der Waals surface area (Å²) in [7, 11) is -4.75. The maximum atomic E-state index is 12.4. The Morgan fingerprint density at radius 3 is 1.39 bits per heavy atom. The van der Waals surface area contributed by atoms with Crippen molar-refractivity contribution in [3.8, 4) is 0 Å². The summed E-state index contributed by atoms with van der Waals surface area (Å²) in [6, 6.07) is 0. The molecule has 1 atom stereocenters. The first-order valence-corrected chi connectivity index (χ1v) is 21.7. The van der Waals surface area contributed by atoms with Gasteiger partial charge in [-0.1, -0.05) is 167 Å². The fourth-order valence-electron chi connectivity index (χ4n) is 5.70. The van der Waals surface area contributed by atoms with Crippen molar-refractivity contribution in [1.29, 1.82) is 0 Å². The number of carbonyl (C=O) groups excluding carboxylic acids is 2. The maximum absolute atomic E-state index is 12.4. The van der Waals surface area contributed by atoms with Crippen molar-refractivity contribution in [3.63, 3.8) is 0 Å². The van der Waals surface area contributed by atoms with Crippen LogP contribution in [0, 0.1) is 0 Å². The van der Waals surface area contributed by atoms with Crippen LogP contribution in [0.15, 0.2) is 24.3 Å². The molecule has 288 valence electrons. The van der Waals surface area contributed by atoms with E-state index in [-0.39, 0.29) is 19.4 Å². The molecular formula is C40H75O8P. The van der Waals surface area contributed by atoms with Gasteiger partial charge >= 0.3 is 19.8 Å². The summed E-state index contributed by atoms with van der Waals surface area (Å²) in [4.78, 5) is 42.8. The number of phosphoric acid groups is 1. The van der Waals surface area contributed by atoms with Crippen LogP contribution in [0.4, 0.5) is 0 Å². The lowest BCUT2D eigenvalue weighted by atomic mass is 10.0. The second-order valence-corrected chi connectivity index (χ2v) is 14.9. The molecule has 0 saturated carbocycles. The van der Waals surface area contributed by atoms with E-state index in [0.29, 0.717) is 6.42 Å². The first kappa shape index (κ1) is 47.5. The topological polar surface area (TPSA) is 119 Å². The molecular weight excluding hydrogens is 639 g/mol. The van der Waals surface area contributed by atoms with Gasteiger partial charge in [0, 0.05) is 12.8 Å². The first-order valence-electron chi connectivity index (χ1n) is 20.1. The summed E-state index contributed by atoms with van der Waals surface area (Å²) in [6.07, 6.45) is 40.3. The molecule has 0 radical (unpaired) electrons. The van der Waals surface area contributed by atoms with Crippen molar-refractivity contribution in [1.82, 2.24) is 0 Å². The maximum Gasteiger partial charge on any atom is 0.469 e. The smallest absolute Gasteiger partial charge is 0.462 e. The summed E-state index contributed by atoms with van der Waals surface area (Å²) < 4.78 is 26.3. The molecule has 0 aliphatic rings. The number of phosphoric ester groups is 1. The molecule has 0 aliphatic heterocycles. The fourth-order valence-corrected chi connectivity index (χ4v) is 6.06. The van der Waals surface area contributed by atoms with Gasteiger partial charge in [0.05, 0.1) is 6.61 Å². The second-order valence-electron chi connectivity index (χ2n) is 13.6. The molecule has 1 unspecified atom stereocenters. The Balaban J connectivity index is 3.93. The Labute approximate surface area is 300 Å². The molecule has 0 spiro atoms. The lowest BCUT2D eigenvalue weighted by Crippen LogP contribution is -2.29. The van der Waals surface area contributed by atoms with Crippen LogP contribution in [0.2, 0.25) is 0 Å². The van der Waals surface area contributed by atoms with E-state index in [4.69, 9.17) is 19.3 Å². The summed E-state index contributed by atoms with van der Waals surface area (Å²) in [5.74, 6) is -0.887. The molecule has 0 rings (SSSR count). The lowest BCUT2D eigenvalue weighted by Gasteiger charge is -2.18. The van der Waals surface area contributed by atoms with Crippen LogP contribution in [-0.2, 0) is 28.2 Å². The van der Waals surface area contributed by atoms with Crippen LogP contribution in [0.3, 0.4) is 0 Å². The van der Waals surface area contributed by atoms with E-state index in [1.54, 1.807) is 0 Å². The summed E-state index contributed by atoms with van der Waals surface area (Å²) in [5, 5.41) is 0. The number of rotatable bonds is 37. The number of allylic oxidation sites excluding steroid dienone is 4. The predicted octanol–water partition coefficient (Wildman–Crippen LogP) is 12.0. The average Bonchev–Trinajstić information content (AvgIpc) is 3.07. The number of carbonyl (C=O) groups is 2. The summed E-state index contributed by atoms with van der Waals surface area (Å²) in [5.41, 5.74) is 0. The van der Waals surface area contributed by atoms with E-state index in [2.05, 4.69) is 42.7 Å². The van der Waals surface area contributed by atoms with Gasteiger partial charge in [-0.25, -0.2) is 4.57 Å². The lowest BCUT2D eigenvalue weighted by molar-refractivity contribution is -0.161. The predicted molar refractivity (Wildman–Crippen MR) is 202 cm³/mol. The standard InChI is InChI=1S/C40H75O8P/c1-3-5-7-9-11-13-15-17-19-20-21-23-25-27-29-31-33-35-40(42)48-38(37-47-49(43,44)45)36-46-39(41)34-32-30-28-26-24-22-18-16-14-12-10-8-6-4-2/h11,13,17,19,38H,3-10,12,14-16,18,20-37H2,1-2H3,(H2,43,44,45)/b13-11-,19-17-. The van der Waals surface area contributed by atoms with Crippen molar-refractivity contribution < 1.29 is 37.9 Å². The highest BCUT2D eigenvalue weighted by Crippen LogP contribution is 2.36.